The molecule has 1 saturated heterocycles. The van der Waals surface area contributed by atoms with Crippen molar-refractivity contribution in [1.29, 1.82) is 5.41 Å². The molecule has 8 nitrogen and oxygen atoms in total. The number of hydrogen-bond acceptors (Lipinski definition) is 4. The molecule has 1 heterocycles. The Bertz CT molecular complexity index is 399. The zero-order valence-electron chi connectivity index (χ0n) is 10.8. The zero-order valence-corrected chi connectivity index (χ0v) is 11.6. The summed E-state index contributed by atoms with van der Waals surface area (Å²) < 4.78 is 0. The number of hydrogen-bond donors (Lipinski definition) is 3. The minimum atomic E-state index is -0.194. The number of amides is 2. The number of nitrogens with two attached hydrogens (primary N) is 2. The van der Waals surface area contributed by atoms with Crippen molar-refractivity contribution in [1.82, 2.24) is 9.80 Å². The number of aliphatic imine (C=N–C) groups is 1. The number of carbonyl (C=O) groups is 2. The summed E-state index contributed by atoms with van der Waals surface area (Å²) >= 11 is 0.978. The van der Waals surface area contributed by atoms with Crippen molar-refractivity contribution in [3.63, 3.8) is 0 Å². The molecule has 0 aromatic rings. The van der Waals surface area contributed by atoms with E-state index in [9.17, 15) is 9.59 Å². The van der Waals surface area contributed by atoms with Gasteiger partial charge < -0.3 is 21.3 Å². The summed E-state index contributed by atoms with van der Waals surface area (Å²) in [5, 5.41) is 7.32. The molecule has 0 aromatic carbocycles. The molecule has 0 radical (unpaired) electrons. The molecule has 0 spiro atoms. The van der Waals surface area contributed by atoms with E-state index in [4.69, 9.17) is 16.9 Å². The molecule has 0 saturated carbocycles. The van der Waals surface area contributed by atoms with Crippen LogP contribution < -0.4 is 11.5 Å². The Labute approximate surface area is 115 Å². The molecule has 1 fully saturated rings. The molecule has 0 unspecified atom stereocenters. The van der Waals surface area contributed by atoms with Crippen LogP contribution >= 0.6 is 11.8 Å². The quantitative estimate of drug-likeness (QED) is 0.425. The fourth-order valence-electron chi connectivity index (χ4n) is 1.64. The van der Waals surface area contributed by atoms with E-state index in [1.807, 2.05) is 0 Å². The van der Waals surface area contributed by atoms with Crippen LogP contribution in [0.2, 0.25) is 0 Å². The fraction of sp³-hybridized carbons (Fsp3) is 0.600. The number of carbonyl (C=O) groups excluding carboxylic acids is 2. The van der Waals surface area contributed by atoms with Crippen molar-refractivity contribution in [3.05, 3.63) is 0 Å². The molecular weight excluding hydrogens is 268 g/mol. The smallest absolute Gasteiger partial charge is 0.233 e. The van der Waals surface area contributed by atoms with E-state index in [1.54, 1.807) is 9.80 Å². The summed E-state index contributed by atoms with van der Waals surface area (Å²) in [5.41, 5.74) is 10.3. The first kappa shape index (κ1) is 15.3. The Kier molecular flexibility index (Phi) is 5.61. The van der Waals surface area contributed by atoms with E-state index >= 15 is 0 Å². The number of rotatable bonds is 2. The predicted molar refractivity (Wildman–Crippen MR) is 74.8 cm³/mol. The van der Waals surface area contributed by atoms with Crippen LogP contribution in [0.15, 0.2) is 4.99 Å². The molecule has 0 aromatic heterocycles. The van der Waals surface area contributed by atoms with Crippen molar-refractivity contribution in [3.8, 4) is 0 Å². The number of nitrogens with one attached hydrogen (secondary N) is 1. The van der Waals surface area contributed by atoms with Gasteiger partial charge in [-0.15, -0.1) is 0 Å². The van der Waals surface area contributed by atoms with Crippen molar-refractivity contribution in [2.75, 3.05) is 31.9 Å². The lowest BCUT2D eigenvalue weighted by molar-refractivity contribution is -0.136. The highest BCUT2D eigenvalue weighted by atomic mass is 32.2. The first-order valence-corrected chi connectivity index (χ1v) is 6.73. The standard InChI is InChI=1S/C10H18N6O2S/c1-7(17)15-2-4-16(5-3-15)8(18)6-19-10(13)14-9(11)12/h2-6H2,1H3,(H5,11,12,13,14). The van der Waals surface area contributed by atoms with Crippen LogP contribution in [-0.2, 0) is 9.59 Å². The van der Waals surface area contributed by atoms with Gasteiger partial charge in [-0.1, -0.05) is 11.8 Å². The molecule has 1 aliphatic heterocycles. The fourth-order valence-corrected chi connectivity index (χ4v) is 2.25. The number of thioether (sulfide) groups is 1. The molecule has 2 amide bonds. The first-order valence-electron chi connectivity index (χ1n) is 5.74. The lowest BCUT2D eigenvalue weighted by Gasteiger charge is -2.34. The second kappa shape index (κ2) is 6.98. The van der Waals surface area contributed by atoms with E-state index < -0.39 is 0 Å². The Morgan fingerprint density at radius 3 is 2.21 bits per heavy atom. The maximum absolute atomic E-state index is 11.9. The van der Waals surface area contributed by atoms with Crippen LogP contribution in [-0.4, -0.2) is 64.7 Å². The summed E-state index contributed by atoms with van der Waals surface area (Å²) in [5.74, 6) is -0.129. The van der Waals surface area contributed by atoms with E-state index in [-0.39, 0.29) is 28.7 Å². The van der Waals surface area contributed by atoms with E-state index in [2.05, 4.69) is 4.99 Å². The lowest BCUT2D eigenvalue weighted by Crippen LogP contribution is -2.50. The highest BCUT2D eigenvalue weighted by Gasteiger charge is 2.22. The third kappa shape index (κ3) is 5.16. The largest absolute Gasteiger partial charge is 0.370 e. The third-order valence-corrected chi connectivity index (χ3v) is 3.40. The predicted octanol–water partition coefficient (Wildman–Crippen LogP) is -1.38. The SMILES string of the molecule is CC(=O)N1CCN(C(=O)CSC(=N)N=C(N)N)CC1. The Morgan fingerprint density at radius 2 is 1.74 bits per heavy atom. The molecule has 1 rings (SSSR count). The number of nitrogens with zero attached hydrogens (tertiary/aromatic N) is 3. The van der Waals surface area contributed by atoms with E-state index in [0.717, 1.165) is 11.8 Å². The van der Waals surface area contributed by atoms with Gasteiger partial charge in [0, 0.05) is 33.1 Å². The third-order valence-electron chi connectivity index (χ3n) is 2.64. The van der Waals surface area contributed by atoms with Crippen molar-refractivity contribution in [2.45, 2.75) is 6.92 Å². The summed E-state index contributed by atoms with van der Waals surface area (Å²) in [7, 11) is 0. The van der Waals surface area contributed by atoms with Gasteiger partial charge in [0.2, 0.25) is 11.8 Å². The zero-order chi connectivity index (χ0) is 14.4. The molecule has 5 N–H and O–H groups in total. The Balaban J connectivity index is 2.34. The van der Waals surface area contributed by atoms with Crippen molar-refractivity contribution >= 4 is 34.7 Å². The second-order valence-corrected chi connectivity index (χ2v) is 4.98. The Morgan fingerprint density at radius 1 is 1.21 bits per heavy atom. The highest BCUT2D eigenvalue weighted by molar-refractivity contribution is 8.14. The summed E-state index contributed by atoms with van der Waals surface area (Å²) in [6, 6.07) is 0. The van der Waals surface area contributed by atoms with Gasteiger partial charge in [-0.2, -0.15) is 4.99 Å². The molecule has 1 aliphatic rings. The van der Waals surface area contributed by atoms with Crippen molar-refractivity contribution in [2.24, 2.45) is 16.5 Å². The molecule has 0 aliphatic carbocycles. The van der Waals surface area contributed by atoms with E-state index in [0.29, 0.717) is 26.2 Å². The molecule has 9 heteroatoms. The minimum Gasteiger partial charge on any atom is -0.370 e. The normalized spacial score (nSPS) is 15.0. The average molecular weight is 286 g/mol. The monoisotopic (exact) mass is 286 g/mol. The minimum absolute atomic E-state index is 0.0241. The van der Waals surface area contributed by atoms with Gasteiger partial charge in [0.05, 0.1) is 5.75 Å². The summed E-state index contributed by atoms with van der Waals surface area (Å²) in [6.07, 6.45) is 0. The van der Waals surface area contributed by atoms with Crippen LogP contribution in [0.4, 0.5) is 0 Å². The van der Waals surface area contributed by atoms with Gasteiger partial charge in [0.25, 0.3) is 0 Å². The van der Waals surface area contributed by atoms with Crippen LogP contribution in [0.1, 0.15) is 6.92 Å². The highest BCUT2D eigenvalue weighted by Crippen LogP contribution is 2.08. The van der Waals surface area contributed by atoms with Gasteiger partial charge in [0.1, 0.15) is 0 Å². The maximum atomic E-state index is 11.9. The van der Waals surface area contributed by atoms with Crippen LogP contribution in [0.25, 0.3) is 0 Å². The topological polar surface area (TPSA) is 129 Å². The van der Waals surface area contributed by atoms with Crippen molar-refractivity contribution < 1.29 is 9.59 Å². The number of amidine groups is 1. The Hall–Kier alpha value is -1.77. The summed E-state index contributed by atoms with van der Waals surface area (Å²) in [4.78, 5) is 29.9. The van der Waals surface area contributed by atoms with Gasteiger partial charge in [0.15, 0.2) is 11.1 Å². The molecule has 0 atom stereocenters. The number of guanidine groups is 1. The first-order chi connectivity index (χ1) is 8.90. The van der Waals surface area contributed by atoms with Crippen LogP contribution in [0, 0.1) is 5.41 Å². The number of piperazine rings is 1. The maximum Gasteiger partial charge on any atom is 0.233 e. The van der Waals surface area contributed by atoms with E-state index in [1.165, 1.54) is 6.92 Å². The summed E-state index contributed by atoms with van der Waals surface area (Å²) in [6.45, 7) is 3.67. The van der Waals surface area contributed by atoms with Crippen LogP contribution in [0.5, 0.6) is 0 Å². The van der Waals surface area contributed by atoms with Gasteiger partial charge in [-0.25, -0.2) is 0 Å². The lowest BCUT2D eigenvalue weighted by atomic mass is 10.3. The second-order valence-electron chi connectivity index (χ2n) is 4.02. The average Bonchev–Trinajstić information content (AvgIpc) is 2.35. The molecule has 19 heavy (non-hydrogen) atoms. The van der Waals surface area contributed by atoms with Crippen LogP contribution in [0.3, 0.4) is 0 Å². The molecule has 106 valence electrons. The molecular formula is C10H18N6O2S. The molecule has 0 bridgehead atoms. The van der Waals surface area contributed by atoms with Gasteiger partial charge in [-0.3, -0.25) is 15.0 Å². The van der Waals surface area contributed by atoms with Gasteiger partial charge in [-0.05, 0) is 0 Å². The van der Waals surface area contributed by atoms with Gasteiger partial charge >= 0.3 is 0 Å².